The second-order valence-corrected chi connectivity index (χ2v) is 6.93. The van der Waals surface area contributed by atoms with Gasteiger partial charge in [0.05, 0.1) is 18.4 Å². The van der Waals surface area contributed by atoms with Crippen LogP contribution in [0.4, 0.5) is 5.69 Å². The fraction of sp³-hybridized carbons (Fsp3) is 0.167. The SMILES string of the molecule is COC(=O)c1ccccc1NS(=O)(=O)c1sc(=O)[nH]c1C. The number of aromatic nitrogens is 1. The van der Waals surface area contributed by atoms with Crippen molar-refractivity contribution in [2.24, 2.45) is 0 Å². The minimum Gasteiger partial charge on any atom is -0.465 e. The second-order valence-electron chi connectivity index (χ2n) is 4.07. The molecule has 7 nitrogen and oxygen atoms in total. The molecule has 0 atom stereocenters. The zero-order chi connectivity index (χ0) is 15.6. The van der Waals surface area contributed by atoms with Gasteiger partial charge in [-0.25, -0.2) is 13.2 Å². The summed E-state index contributed by atoms with van der Waals surface area (Å²) in [6.07, 6.45) is 0. The van der Waals surface area contributed by atoms with E-state index in [1.165, 1.54) is 26.2 Å². The van der Waals surface area contributed by atoms with Gasteiger partial charge in [0, 0.05) is 5.69 Å². The number of anilines is 1. The Hall–Kier alpha value is -2.13. The fourth-order valence-electron chi connectivity index (χ4n) is 1.70. The molecule has 9 heteroatoms. The average molecular weight is 328 g/mol. The van der Waals surface area contributed by atoms with Crippen LogP contribution in [0.15, 0.2) is 33.3 Å². The van der Waals surface area contributed by atoms with Crippen LogP contribution in [0, 0.1) is 6.92 Å². The summed E-state index contributed by atoms with van der Waals surface area (Å²) < 4.78 is 31.3. The number of aromatic amines is 1. The maximum absolute atomic E-state index is 12.3. The Morgan fingerprint density at radius 2 is 2.00 bits per heavy atom. The molecule has 1 aromatic heterocycles. The monoisotopic (exact) mass is 328 g/mol. The van der Waals surface area contributed by atoms with Crippen molar-refractivity contribution >= 4 is 33.0 Å². The predicted octanol–water partition coefficient (Wildman–Crippen LogP) is 1.33. The molecule has 2 N–H and O–H groups in total. The lowest BCUT2D eigenvalue weighted by Crippen LogP contribution is -2.16. The predicted molar refractivity (Wildman–Crippen MR) is 78.3 cm³/mol. The summed E-state index contributed by atoms with van der Waals surface area (Å²) in [5, 5.41) is 0. The number of methoxy groups -OCH3 is 1. The molecule has 21 heavy (non-hydrogen) atoms. The van der Waals surface area contributed by atoms with Gasteiger partial charge in [0.1, 0.15) is 0 Å². The van der Waals surface area contributed by atoms with E-state index in [0.717, 1.165) is 0 Å². The van der Waals surface area contributed by atoms with Gasteiger partial charge >= 0.3 is 10.8 Å². The topological polar surface area (TPSA) is 105 Å². The summed E-state index contributed by atoms with van der Waals surface area (Å²) >= 11 is 0.583. The number of esters is 1. The molecule has 112 valence electrons. The Labute approximate surface area is 124 Å². The van der Waals surface area contributed by atoms with Gasteiger partial charge in [-0.05, 0) is 19.1 Å². The lowest BCUT2D eigenvalue weighted by Gasteiger charge is -2.10. The average Bonchev–Trinajstić information content (AvgIpc) is 2.78. The molecule has 2 aromatic rings. The number of hydrogen-bond donors (Lipinski definition) is 2. The van der Waals surface area contributed by atoms with E-state index in [4.69, 9.17) is 0 Å². The molecule has 0 saturated heterocycles. The first-order valence-corrected chi connectivity index (χ1v) is 8.05. The van der Waals surface area contributed by atoms with Gasteiger partial charge in [-0.2, -0.15) is 0 Å². The van der Waals surface area contributed by atoms with Crippen LogP contribution < -0.4 is 9.60 Å². The smallest absolute Gasteiger partial charge is 0.339 e. The van der Waals surface area contributed by atoms with Crippen molar-refractivity contribution in [3.8, 4) is 0 Å². The molecule has 0 aliphatic heterocycles. The Bertz CT molecular complexity index is 835. The lowest BCUT2D eigenvalue weighted by molar-refractivity contribution is 0.0602. The number of nitrogens with one attached hydrogen (secondary N) is 2. The van der Waals surface area contributed by atoms with Crippen molar-refractivity contribution in [3.05, 3.63) is 45.2 Å². The third-order valence-electron chi connectivity index (χ3n) is 2.60. The van der Waals surface area contributed by atoms with Crippen molar-refractivity contribution in [2.45, 2.75) is 11.1 Å². The summed E-state index contributed by atoms with van der Waals surface area (Å²) in [6, 6.07) is 6.05. The number of para-hydroxylation sites is 1. The van der Waals surface area contributed by atoms with Crippen molar-refractivity contribution in [3.63, 3.8) is 0 Å². The zero-order valence-electron chi connectivity index (χ0n) is 11.2. The summed E-state index contributed by atoms with van der Waals surface area (Å²) in [4.78, 5) is 24.8. The van der Waals surface area contributed by atoms with Crippen molar-refractivity contribution < 1.29 is 17.9 Å². The highest BCUT2D eigenvalue weighted by Gasteiger charge is 2.23. The number of sulfonamides is 1. The Kier molecular flexibility index (Phi) is 4.14. The molecular weight excluding hydrogens is 316 g/mol. The first-order valence-electron chi connectivity index (χ1n) is 5.75. The lowest BCUT2D eigenvalue weighted by atomic mass is 10.2. The molecule has 1 heterocycles. The number of hydrogen-bond acceptors (Lipinski definition) is 6. The first kappa shape index (κ1) is 15.3. The largest absolute Gasteiger partial charge is 0.465 e. The molecule has 0 aliphatic rings. The Balaban J connectivity index is 2.45. The van der Waals surface area contributed by atoms with Gasteiger partial charge in [-0.1, -0.05) is 23.5 Å². The molecule has 0 unspecified atom stereocenters. The van der Waals surface area contributed by atoms with Crippen LogP contribution in [0.1, 0.15) is 16.1 Å². The minimum absolute atomic E-state index is 0.0871. The number of carbonyl (C=O) groups is 1. The summed E-state index contributed by atoms with van der Waals surface area (Å²) in [5.41, 5.74) is 0.418. The van der Waals surface area contributed by atoms with Gasteiger partial charge in [-0.3, -0.25) is 9.52 Å². The minimum atomic E-state index is -3.96. The maximum Gasteiger partial charge on any atom is 0.339 e. The van der Waals surface area contributed by atoms with E-state index < -0.39 is 20.9 Å². The number of thiazole rings is 1. The van der Waals surface area contributed by atoms with E-state index in [0.29, 0.717) is 11.3 Å². The normalized spacial score (nSPS) is 11.1. The standard InChI is InChI=1S/C12H12N2O5S2/c1-7-11(20-12(16)13-7)21(17,18)14-9-6-4-3-5-8(9)10(15)19-2/h3-6,14H,1-2H3,(H,13,16). The molecule has 0 fully saturated rings. The molecule has 0 aliphatic carbocycles. The molecular formula is C12H12N2O5S2. The van der Waals surface area contributed by atoms with Crippen molar-refractivity contribution in [1.82, 2.24) is 4.98 Å². The van der Waals surface area contributed by atoms with E-state index in [-0.39, 0.29) is 21.2 Å². The molecule has 0 radical (unpaired) electrons. The maximum atomic E-state index is 12.3. The highest BCUT2D eigenvalue weighted by molar-refractivity contribution is 7.94. The highest BCUT2D eigenvalue weighted by Crippen LogP contribution is 2.23. The second kappa shape index (κ2) is 5.70. The molecule has 2 rings (SSSR count). The number of ether oxygens (including phenoxy) is 1. The van der Waals surface area contributed by atoms with E-state index in [1.807, 2.05) is 0 Å². The van der Waals surface area contributed by atoms with Crippen LogP contribution in [0.25, 0.3) is 0 Å². The number of benzene rings is 1. The summed E-state index contributed by atoms with van der Waals surface area (Å²) in [6.45, 7) is 1.48. The van der Waals surface area contributed by atoms with Gasteiger partial charge in [0.15, 0.2) is 4.21 Å². The van der Waals surface area contributed by atoms with Crippen LogP contribution in [-0.2, 0) is 14.8 Å². The van der Waals surface area contributed by atoms with Gasteiger partial charge in [-0.15, -0.1) is 0 Å². The third-order valence-corrected chi connectivity index (χ3v) is 5.57. The van der Waals surface area contributed by atoms with E-state index in [2.05, 4.69) is 14.4 Å². The molecule has 0 saturated carbocycles. The molecule has 0 amide bonds. The van der Waals surface area contributed by atoms with Gasteiger partial charge in [0.25, 0.3) is 10.0 Å². The van der Waals surface area contributed by atoms with E-state index >= 15 is 0 Å². The highest BCUT2D eigenvalue weighted by atomic mass is 32.2. The summed E-state index contributed by atoms with van der Waals surface area (Å²) in [7, 11) is -2.75. The van der Waals surface area contributed by atoms with Crippen LogP contribution in [0.3, 0.4) is 0 Å². The quantitative estimate of drug-likeness (QED) is 0.824. The first-order chi connectivity index (χ1) is 9.85. The Morgan fingerprint density at radius 3 is 2.57 bits per heavy atom. The van der Waals surface area contributed by atoms with Crippen molar-refractivity contribution in [2.75, 3.05) is 11.8 Å². The zero-order valence-corrected chi connectivity index (χ0v) is 12.8. The fourth-order valence-corrected chi connectivity index (χ4v) is 4.08. The Morgan fingerprint density at radius 1 is 1.33 bits per heavy atom. The van der Waals surface area contributed by atoms with Gasteiger partial charge < -0.3 is 9.72 Å². The number of carbonyl (C=O) groups excluding carboxylic acids is 1. The van der Waals surface area contributed by atoms with Crippen LogP contribution in [0.5, 0.6) is 0 Å². The van der Waals surface area contributed by atoms with Crippen molar-refractivity contribution in [1.29, 1.82) is 0 Å². The number of H-pyrrole nitrogens is 1. The van der Waals surface area contributed by atoms with E-state index in [9.17, 15) is 18.0 Å². The molecule has 0 bridgehead atoms. The van der Waals surface area contributed by atoms with Crippen LogP contribution in [0.2, 0.25) is 0 Å². The van der Waals surface area contributed by atoms with E-state index in [1.54, 1.807) is 12.1 Å². The van der Waals surface area contributed by atoms with Gasteiger partial charge in [0.2, 0.25) is 0 Å². The number of rotatable bonds is 4. The molecule has 0 spiro atoms. The summed E-state index contributed by atoms with van der Waals surface area (Å²) in [5.74, 6) is -0.660. The third kappa shape index (κ3) is 3.14. The van der Waals surface area contributed by atoms with Crippen LogP contribution >= 0.6 is 11.3 Å². The molecule has 1 aromatic carbocycles. The number of aryl methyl sites for hydroxylation is 1. The van der Waals surface area contributed by atoms with Crippen LogP contribution in [-0.4, -0.2) is 26.5 Å².